The first kappa shape index (κ1) is 19.4. The summed E-state index contributed by atoms with van der Waals surface area (Å²) in [5.41, 5.74) is 3.87. The van der Waals surface area contributed by atoms with Crippen molar-refractivity contribution in [3.63, 3.8) is 0 Å². The quantitative estimate of drug-likeness (QED) is 0.446. The lowest BCUT2D eigenvalue weighted by Gasteiger charge is -2.14. The van der Waals surface area contributed by atoms with Gasteiger partial charge in [0.1, 0.15) is 0 Å². The molecule has 0 aliphatic heterocycles. The summed E-state index contributed by atoms with van der Waals surface area (Å²) in [7, 11) is -4.10. The highest BCUT2D eigenvalue weighted by Crippen LogP contribution is 2.33. The van der Waals surface area contributed by atoms with Gasteiger partial charge < -0.3 is 0 Å². The minimum absolute atomic E-state index is 0.161. The van der Waals surface area contributed by atoms with E-state index in [0.717, 1.165) is 15.1 Å². The molecule has 0 aliphatic carbocycles. The first-order valence-electron chi connectivity index (χ1n) is 9.46. The second-order valence-corrected chi connectivity index (χ2v) is 9.17. The molecule has 0 spiro atoms. The van der Waals surface area contributed by atoms with E-state index in [-0.39, 0.29) is 4.90 Å². The summed E-state index contributed by atoms with van der Waals surface area (Å²) in [6.07, 6.45) is 0.321. The molecule has 148 valence electrons. The van der Waals surface area contributed by atoms with E-state index in [0.29, 0.717) is 34.0 Å². The largest absolute Gasteiger partial charge is 0.271 e. The van der Waals surface area contributed by atoms with Gasteiger partial charge >= 0.3 is 0 Å². The molecule has 0 aliphatic rings. The molecule has 4 rings (SSSR count). The molecule has 0 radical (unpaired) electrons. The second-order valence-electron chi connectivity index (χ2n) is 7.45. The summed E-state index contributed by atoms with van der Waals surface area (Å²) < 4.78 is 43.8. The van der Waals surface area contributed by atoms with Crippen molar-refractivity contribution in [2.24, 2.45) is 0 Å². The van der Waals surface area contributed by atoms with Gasteiger partial charge in [0, 0.05) is 17.4 Å². The Labute approximate surface area is 170 Å². The Bertz CT molecular complexity index is 1300. The maximum absolute atomic E-state index is 15.7. The van der Waals surface area contributed by atoms with Gasteiger partial charge in [-0.1, -0.05) is 66.2 Å². The Hall–Kier alpha value is -2.92. The third-order valence-corrected chi connectivity index (χ3v) is 7.20. The van der Waals surface area contributed by atoms with Crippen molar-refractivity contribution in [3.8, 4) is 0 Å². The third-order valence-electron chi connectivity index (χ3n) is 5.20. The first-order chi connectivity index (χ1) is 13.8. The van der Waals surface area contributed by atoms with E-state index in [1.807, 2.05) is 49.4 Å². The lowest BCUT2D eigenvalue weighted by molar-refractivity contribution is 0.538. The number of nitrogens with zero attached hydrogens (tertiary/aromatic N) is 1. The van der Waals surface area contributed by atoms with Crippen molar-refractivity contribution in [3.05, 3.63) is 100 Å². The predicted octanol–water partition coefficient (Wildman–Crippen LogP) is 5.53. The molecule has 0 atom stereocenters. The molecule has 0 unspecified atom stereocenters. The van der Waals surface area contributed by atoms with Crippen LogP contribution < -0.4 is 0 Å². The Morgan fingerprint density at radius 3 is 2.10 bits per heavy atom. The fraction of sp³-hybridized carbons (Fsp3) is 0.167. The summed E-state index contributed by atoms with van der Waals surface area (Å²) in [5.74, 6) is -0.727. The van der Waals surface area contributed by atoms with E-state index in [1.54, 1.807) is 38.1 Å². The number of hydrogen-bond donors (Lipinski definition) is 0. The van der Waals surface area contributed by atoms with Crippen molar-refractivity contribution in [1.29, 1.82) is 0 Å². The molecule has 0 saturated carbocycles. The van der Waals surface area contributed by atoms with Crippen LogP contribution in [0.3, 0.4) is 0 Å². The summed E-state index contributed by atoms with van der Waals surface area (Å²) in [5, 5.41) is 0.611. The van der Waals surface area contributed by atoms with Gasteiger partial charge in [-0.25, -0.2) is 12.4 Å². The molecule has 0 amide bonds. The summed E-state index contributed by atoms with van der Waals surface area (Å²) in [4.78, 5) is 0.161. The van der Waals surface area contributed by atoms with Crippen molar-refractivity contribution in [2.75, 3.05) is 0 Å². The van der Waals surface area contributed by atoms with Gasteiger partial charge in [-0.15, -0.1) is 0 Å². The number of para-hydroxylation sites is 1. The maximum Gasteiger partial charge on any atom is 0.271 e. The SMILES string of the molecule is Cc1cc(C)c(S(=O)(=O)n2c(F)c(Cc3ccccc3)c3ccccc32)c(C)c1. The van der Waals surface area contributed by atoms with Gasteiger partial charge in [-0.2, -0.15) is 4.39 Å². The van der Waals surface area contributed by atoms with Crippen LogP contribution in [0.1, 0.15) is 27.8 Å². The van der Waals surface area contributed by atoms with E-state index in [4.69, 9.17) is 0 Å². The zero-order valence-corrected chi connectivity index (χ0v) is 17.4. The molecule has 1 heterocycles. The minimum atomic E-state index is -4.10. The van der Waals surface area contributed by atoms with Crippen molar-refractivity contribution < 1.29 is 12.8 Å². The van der Waals surface area contributed by atoms with Gasteiger partial charge in [0.25, 0.3) is 10.0 Å². The molecular weight excluding hydrogens is 385 g/mol. The molecule has 3 aromatic carbocycles. The summed E-state index contributed by atoms with van der Waals surface area (Å²) in [6, 6.07) is 20.1. The molecule has 0 fully saturated rings. The zero-order chi connectivity index (χ0) is 20.8. The number of fused-ring (bicyclic) bond motifs is 1. The molecular formula is C24H22FNO2S. The van der Waals surface area contributed by atoms with Gasteiger partial charge in [-0.05, 0) is 43.5 Å². The topological polar surface area (TPSA) is 39.1 Å². The first-order valence-corrected chi connectivity index (χ1v) is 10.9. The van der Waals surface area contributed by atoms with Crippen LogP contribution in [0.4, 0.5) is 4.39 Å². The number of aryl methyl sites for hydroxylation is 3. The molecule has 0 bridgehead atoms. The number of halogens is 1. The Morgan fingerprint density at radius 2 is 1.45 bits per heavy atom. The molecule has 4 aromatic rings. The Morgan fingerprint density at radius 1 is 0.862 bits per heavy atom. The van der Waals surface area contributed by atoms with Crippen LogP contribution in [-0.2, 0) is 16.4 Å². The lowest BCUT2D eigenvalue weighted by atomic mass is 10.0. The van der Waals surface area contributed by atoms with E-state index in [1.165, 1.54) is 0 Å². The van der Waals surface area contributed by atoms with Crippen LogP contribution in [0.5, 0.6) is 0 Å². The Balaban J connectivity index is 1.99. The third kappa shape index (κ3) is 3.25. The number of hydrogen-bond acceptors (Lipinski definition) is 2. The summed E-state index contributed by atoms with van der Waals surface area (Å²) >= 11 is 0. The smallest absolute Gasteiger partial charge is 0.208 e. The van der Waals surface area contributed by atoms with Gasteiger partial charge in [0.05, 0.1) is 10.4 Å². The lowest BCUT2D eigenvalue weighted by Crippen LogP contribution is -2.18. The number of rotatable bonds is 4. The average molecular weight is 408 g/mol. The van der Waals surface area contributed by atoms with Crippen LogP contribution in [0, 0.1) is 26.7 Å². The normalized spacial score (nSPS) is 11.9. The number of benzene rings is 3. The highest BCUT2D eigenvalue weighted by atomic mass is 32.2. The van der Waals surface area contributed by atoms with Gasteiger partial charge in [0.2, 0.25) is 5.95 Å². The fourth-order valence-corrected chi connectivity index (χ4v) is 5.97. The van der Waals surface area contributed by atoms with Crippen LogP contribution in [0.25, 0.3) is 10.9 Å². The summed E-state index contributed by atoms with van der Waals surface area (Å²) in [6.45, 7) is 5.42. The Kier molecular flexibility index (Phi) is 4.79. The monoisotopic (exact) mass is 407 g/mol. The molecule has 5 heteroatoms. The molecule has 0 saturated heterocycles. The van der Waals surface area contributed by atoms with Crippen molar-refractivity contribution in [1.82, 2.24) is 3.97 Å². The highest BCUT2D eigenvalue weighted by Gasteiger charge is 2.29. The van der Waals surface area contributed by atoms with E-state index in [9.17, 15) is 8.42 Å². The predicted molar refractivity (Wildman–Crippen MR) is 114 cm³/mol. The van der Waals surface area contributed by atoms with Crippen LogP contribution in [0.15, 0.2) is 71.6 Å². The molecule has 1 aromatic heterocycles. The average Bonchev–Trinajstić information content (AvgIpc) is 2.94. The van der Waals surface area contributed by atoms with Crippen LogP contribution in [0.2, 0.25) is 0 Å². The van der Waals surface area contributed by atoms with Crippen LogP contribution >= 0.6 is 0 Å². The van der Waals surface area contributed by atoms with Crippen molar-refractivity contribution >= 4 is 20.9 Å². The molecule has 0 N–H and O–H groups in total. The van der Waals surface area contributed by atoms with Crippen molar-refractivity contribution in [2.45, 2.75) is 32.1 Å². The van der Waals surface area contributed by atoms with Gasteiger partial charge in [-0.3, -0.25) is 0 Å². The van der Waals surface area contributed by atoms with E-state index >= 15 is 4.39 Å². The fourth-order valence-electron chi connectivity index (χ4n) is 4.11. The minimum Gasteiger partial charge on any atom is -0.208 e. The standard InChI is InChI=1S/C24H22FNO2S/c1-16-13-17(2)23(18(3)14-16)29(27,28)26-22-12-8-7-11-20(22)21(24(26)25)15-19-9-5-4-6-10-19/h4-14H,15H2,1-3H3. The van der Waals surface area contributed by atoms with Gasteiger partial charge in [0.15, 0.2) is 0 Å². The number of aromatic nitrogens is 1. The molecule has 29 heavy (non-hydrogen) atoms. The maximum atomic E-state index is 15.7. The zero-order valence-electron chi connectivity index (χ0n) is 16.6. The van der Waals surface area contributed by atoms with E-state index in [2.05, 4.69) is 0 Å². The molecule has 3 nitrogen and oxygen atoms in total. The van der Waals surface area contributed by atoms with Crippen LogP contribution in [-0.4, -0.2) is 12.4 Å². The second kappa shape index (κ2) is 7.16. The van der Waals surface area contributed by atoms with E-state index < -0.39 is 16.0 Å². The highest BCUT2D eigenvalue weighted by molar-refractivity contribution is 7.90.